The Balaban J connectivity index is 1.71. The SMILES string of the molecule is CCC(OC(=O)c1c(-c2ccc(C)cc2)c2ccccc2c(=O)n1C)C(=O)Nc1ccc(C(N)=O)cc1. The van der Waals surface area contributed by atoms with E-state index in [2.05, 4.69) is 5.32 Å². The van der Waals surface area contributed by atoms with Crippen LogP contribution in [0.3, 0.4) is 0 Å². The fourth-order valence-corrected chi connectivity index (χ4v) is 4.16. The fraction of sp³-hybridized carbons (Fsp3) is 0.172. The Morgan fingerprint density at radius 1 is 0.946 bits per heavy atom. The van der Waals surface area contributed by atoms with Crippen LogP contribution in [0.4, 0.5) is 5.69 Å². The lowest BCUT2D eigenvalue weighted by atomic mass is 9.96. The van der Waals surface area contributed by atoms with Crippen LogP contribution in [0.5, 0.6) is 0 Å². The van der Waals surface area contributed by atoms with Gasteiger partial charge in [0.15, 0.2) is 6.10 Å². The molecule has 0 bridgehead atoms. The summed E-state index contributed by atoms with van der Waals surface area (Å²) in [6.45, 7) is 3.68. The lowest BCUT2D eigenvalue weighted by Gasteiger charge is -2.20. The maximum absolute atomic E-state index is 13.6. The van der Waals surface area contributed by atoms with Crippen LogP contribution in [0.25, 0.3) is 21.9 Å². The van der Waals surface area contributed by atoms with Gasteiger partial charge in [-0.3, -0.25) is 14.4 Å². The van der Waals surface area contributed by atoms with E-state index in [4.69, 9.17) is 10.5 Å². The number of carbonyl (C=O) groups excluding carboxylic acids is 3. The average Bonchev–Trinajstić information content (AvgIpc) is 2.90. The second-order valence-electron chi connectivity index (χ2n) is 8.73. The van der Waals surface area contributed by atoms with Gasteiger partial charge in [-0.15, -0.1) is 0 Å². The molecule has 8 heteroatoms. The number of ether oxygens (including phenoxy) is 1. The van der Waals surface area contributed by atoms with Crippen molar-refractivity contribution in [3.63, 3.8) is 0 Å². The summed E-state index contributed by atoms with van der Waals surface area (Å²) in [7, 11) is 1.52. The molecule has 4 aromatic rings. The van der Waals surface area contributed by atoms with Crippen molar-refractivity contribution in [3.8, 4) is 11.1 Å². The van der Waals surface area contributed by atoms with E-state index in [1.54, 1.807) is 31.2 Å². The number of primary amides is 1. The molecule has 0 fully saturated rings. The van der Waals surface area contributed by atoms with Crippen molar-refractivity contribution in [1.29, 1.82) is 0 Å². The van der Waals surface area contributed by atoms with Gasteiger partial charge in [-0.2, -0.15) is 0 Å². The fourth-order valence-electron chi connectivity index (χ4n) is 4.16. The van der Waals surface area contributed by atoms with E-state index in [1.165, 1.54) is 35.9 Å². The molecule has 0 aliphatic carbocycles. The minimum absolute atomic E-state index is 0.0598. The van der Waals surface area contributed by atoms with E-state index in [-0.39, 0.29) is 17.7 Å². The highest BCUT2D eigenvalue weighted by Crippen LogP contribution is 2.31. The molecule has 1 unspecified atom stereocenters. The predicted octanol–water partition coefficient (Wildman–Crippen LogP) is 4.19. The summed E-state index contributed by atoms with van der Waals surface area (Å²) in [6, 6.07) is 20.8. The number of aryl methyl sites for hydroxylation is 1. The van der Waals surface area contributed by atoms with Crippen LogP contribution in [0, 0.1) is 6.92 Å². The summed E-state index contributed by atoms with van der Waals surface area (Å²) < 4.78 is 6.94. The zero-order valence-corrected chi connectivity index (χ0v) is 20.8. The first-order valence-electron chi connectivity index (χ1n) is 11.8. The summed E-state index contributed by atoms with van der Waals surface area (Å²) in [4.78, 5) is 50.9. The van der Waals surface area contributed by atoms with Crippen LogP contribution in [0.2, 0.25) is 0 Å². The van der Waals surface area contributed by atoms with Crippen LogP contribution in [0.1, 0.15) is 39.8 Å². The lowest BCUT2D eigenvalue weighted by Crippen LogP contribution is -2.34. The summed E-state index contributed by atoms with van der Waals surface area (Å²) in [5.41, 5.74) is 8.05. The molecule has 2 amide bonds. The maximum atomic E-state index is 13.6. The first kappa shape index (κ1) is 25.4. The number of amides is 2. The second-order valence-corrected chi connectivity index (χ2v) is 8.73. The molecule has 0 aliphatic rings. The monoisotopic (exact) mass is 497 g/mol. The van der Waals surface area contributed by atoms with E-state index in [9.17, 15) is 19.2 Å². The number of pyridine rings is 1. The molecular formula is C29H27N3O5. The van der Waals surface area contributed by atoms with Crippen molar-refractivity contribution < 1.29 is 19.1 Å². The Kier molecular flexibility index (Phi) is 7.20. The highest BCUT2D eigenvalue weighted by molar-refractivity contribution is 6.07. The van der Waals surface area contributed by atoms with E-state index in [0.29, 0.717) is 27.6 Å². The van der Waals surface area contributed by atoms with Crippen molar-refractivity contribution in [3.05, 3.63) is 100.0 Å². The zero-order valence-electron chi connectivity index (χ0n) is 20.8. The number of fused-ring (bicyclic) bond motifs is 1. The number of hydrogen-bond donors (Lipinski definition) is 2. The Labute approximate surface area is 213 Å². The molecule has 1 atom stereocenters. The van der Waals surface area contributed by atoms with Gasteiger partial charge in [0, 0.05) is 29.2 Å². The van der Waals surface area contributed by atoms with Crippen molar-refractivity contribution in [2.24, 2.45) is 12.8 Å². The predicted molar refractivity (Wildman–Crippen MR) is 142 cm³/mol. The minimum Gasteiger partial charge on any atom is -0.448 e. The quantitative estimate of drug-likeness (QED) is 0.371. The molecule has 1 heterocycles. The third-order valence-corrected chi connectivity index (χ3v) is 6.19. The molecule has 0 spiro atoms. The van der Waals surface area contributed by atoms with Crippen LogP contribution < -0.4 is 16.6 Å². The topological polar surface area (TPSA) is 120 Å². The zero-order chi connectivity index (χ0) is 26.7. The van der Waals surface area contributed by atoms with Gasteiger partial charge in [-0.1, -0.05) is 55.0 Å². The van der Waals surface area contributed by atoms with Gasteiger partial charge in [0.2, 0.25) is 5.91 Å². The molecule has 188 valence electrons. The molecule has 1 aromatic heterocycles. The van der Waals surface area contributed by atoms with Crippen LogP contribution in [-0.2, 0) is 16.6 Å². The minimum atomic E-state index is -1.12. The maximum Gasteiger partial charge on any atom is 0.356 e. The molecule has 37 heavy (non-hydrogen) atoms. The molecule has 0 saturated carbocycles. The first-order chi connectivity index (χ1) is 17.7. The smallest absolute Gasteiger partial charge is 0.356 e. The molecule has 3 N–H and O–H groups in total. The van der Waals surface area contributed by atoms with Crippen molar-refractivity contribution in [2.75, 3.05) is 5.32 Å². The second kappa shape index (κ2) is 10.5. The molecule has 0 radical (unpaired) electrons. The van der Waals surface area contributed by atoms with Gasteiger partial charge in [-0.05, 0) is 54.6 Å². The van der Waals surface area contributed by atoms with Crippen molar-refractivity contribution in [1.82, 2.24) is 4.57 Å². The van der Waals surface area contributed by atoms with Gasteiger partial charge in [-0.25, -0.2) is 4.79 Å². The number of benzene rings is 3. The van der Waals surface area contributed by atoms with E-state index < -0.39 is 23.9 Å². The molecule has 3 aromatic carbocycles. The van der Waals surface area contributed by atoms with Crippen LogP contribution >= 0.6 is 0 Å². The standard InChI is InChI=1S/C29H27N3O5/c1-4-23(27(34)31-20-15-13-19(14-16-20)26(30)33)37-29(36)25-24(18-11-9-17(2)10-12-18)21-7-5-6-8-22(21)28(35)32(25)3/h5-16,23H,4H2,1-3H3,(H2,30,33)(H,31,34). The molecule has 8 nitrogen and oxygen atoms in total. The summed E-state index contributed by atoms with van der Waals surface area (Å²) in [5.74, 6) is -1.90. The number of anilines is 1. The Morgan fingerprint density at radius 2 is 1.57 bits per heavy atom. The highest BCUT2D eigenvalue weighted by atomic mass is 16.5. The number of aromatic nitrogens is 1. The van der Waals surface area contributed by atoms with Gasteiger partial charge in [0.1, 0.15) is 5.69 Å². The largest absolute Gasteiger partial charge is 0.448 e. The number of esters is 1. The Bertz CT molecular complexity index is 1550. The number of hydrogen-bond acceptors (Lipinski definition) is 5. The summed E-state index contributed by atoms with van der Waals surface area (Å²) in [5, 5.41) is 3.78. The highest BCUT2D eigenvalue weighted by Gasteiger charge is 2.28. The third-order valence-electron chi connectivity index (χ3n) is 6.19. The molecule has 4 rings (SSSR count). The molecule has 0 aliphatic heterocycles. The normalized spacial score (nSPS) is 11.6. The van der Waals surface area contributed by atoms with Gasteiger partial charge < -0.3 is 20.4 Å². The van der Waals surface area contributed by atoms with Crippen molar-refractivity contribution >= 4 is 34.2 Å². The lowest BCUT2D eigenvalue weighted by molar-refractivity contribution is -0.124. The van der Waals surface area contributed by atoms with Gasteiger partial charge in [0.25, 0.3) is 11.5 Å². The molecular weight excluding hydrogens is 470 g/mol. The number of carbonyl (C=O) groups is 3. The Morgan fingerprint density at radius 3 is 2.16 bits per heavy atom. The first-order valence-corrected chi connectivity index (χ1v) is 11.8. The number of nitrogens with one attached hydrogen (secondary N) is 1. The van der Waals surface area contributed by atoms with Gasteiger partial charge >= 0.3 is 5.97 Å². The van der Waals surface area contributed by atoms with Crippen LogP contribution in [0.15, 0.2) is 77.6 Å². The number of rotatable bonds is 7. The summed E-state index contributed by atoms with van der Waals surface area (Å²) in [6.07, 6.45) is -0.908. The molecule has 0 saturated heterocycles. The van der Waals surface area contributed by atoms with E-state index in [0.717, 1.165) is 11.1 Å². The third kappa shape index (κ3) is 5.13. The summed E-state index contributed by atoms with van der Waals surface area (Å²) >= 11 is 0. The number of nitrogens with two attached hydrogens (primary N) is 1. The Hall–Kier alpha value is -4.72. The van der Waals surface area contributed by atoms with E-state index >= 15 is 0 Å². The van der Waals surface area contributed by atoms with E-state index in [1.807, 2.05) is 31.2 Å². The average molecular weight is 498 g/mol. The van der Waals surface area contributed by atoms with Crippen molar-refractivity contribution in [2.45, 2.75) is 26.4 Å². The van der Waals surface area contributed by atoms with Gasteiger partial charge in [0.05, 0.1) is 0 Å². The number of nitrogens with zero attached hydrogens (tertiary/aromatic N) is 1. The van der Waals surface area contributed by atoms with Crippen LogP contribution in [-0.4, -0.2) is 28.5 Å².